The van der Waals surface area contributed by atoms with Gasteiger partial charge >= 0.3 is 6.09 Å². The number of ether oxygens (including phenoxy) is 1. The highest BCUT2D eigenvalue weighted by molar-refractivity contribution is 5.93. The average molecular weight is 372 g/mol. The van der Waals surface area contributed by atoms with Crippen molar-refractivity contribution < 1.29 is 14.3 Å². The maximum absolute atomic E-state index is 12.1. The number of aromatic nitrogens is 3. The second kappa shape index (κ2) is 8.07. The fourth-order valence-electron chi connectivity index (χ4n) is 2.80. The Morgan fingerprint density at radius 3 is 2.78 bits per heavy atom. The predicted molar refractivity (Wildman–Crippen MR) is 102 cm³/mol. The molecule has 0 bridgehead atoms. The highest BCUT2D eigenvalue weighted by atomic mass is 16.6. The first kappa shape index (κ1) is 18.7. The van der Waals surface area contributed by atoms with Gasteiger partial charge in [0.2, 0.25) is 5.91 Å². The molecule has 9 nitrogen and oxygen atoms in total. The van der Waals surface area contributed by atoms with E-state index in [2.05, 4.69) is 19.9 Å². The zero-order valence-corrected chi connectivity index (χ0v) is 15.5. The van der Waals surface area contributed by atoms with E-state index in [1.807, 2.05) is 13.8 Å². The van der Waals surface area contributed by atoms with Gasteiger partial charge in [-0.3, -0.25) is 4.79 Å². The van der Waals surface area contributed by atoms with Crippen molar-refractivity contribution in [2.24, 2.45) is 5.73 Å². The van der Waals surface area contributed by atoms with E-state index in [9.17, 15) is 9.59 Å². The highest BCUT2D eigenvalue weighted by Gasteiger charge is 2.24. The fraction of sp³-hybridized carbons (Fsp3) is 0.444. The van der Waals surface area contributed by atoms with Crippen LogP contribution in [0.3, 0.4) is 0 Å². The first-order chi connectivity index (χ1) is 13.0. The van der Waals surface area contributed by atoms with Gasteiger partial charge in [0.05, 0.1) is 6.20 Å². The second-order valence-corrected chi connectivity index (χ2v) is 6.48. The van der Waals surface area contributed by atoms with E-state index in [4.69, 9.17) is 10.5 Å². The Bertz CT molecular complexity index is 854. The van der Waals surface area contributed by atoms with Crippen LogP contribution in [0.15, 0.2) is 18.5 Å². The molecule has 3 rings (SSSR count). The standard InChI is InChI=1S/C18H24N6O3/c1-3-12(2)27-18(26)24-8-6-23(7-9-24)15-11-21-17-16(22-15)13(10-20-17)4-5-14(19)25/h4-5,10-12H,3,6-9H2,1-2H3,(H2,19,25)(H,20,21). The third-order valence-corrected chi connectivity index (χ3v) is 4.56. The van der Waals surface area contributed by atoms with E-state index in [0.29, 0.717) is 37.3 Å². The number of amides is 2. The van der Waals surface area contributed by atoms with E-state index < -0.39 is 5.91 Å². The molecule has 2 amide bonds. The van der Waals surface area contributed by atoms with Gasteiger partial charge in [0.15, 0.2) is 5.65 Å². The summed E-state index contributed by atoms with van der Waals surface area (Å²) in [6.45, 7) is 6.30. The Morgan fingerprint density at radius 1 is 1.37 bits per heavy atom. The van der Waals surface area contributed by atoms with Crippen molar-refractivity contribution in [1.29, 1.82) is 0 Å². The van der Waals surface area contributed by atoms with E-state index >= 15 is 0 Å². The number of anilines is 1. The van der Waals surface area contributed by atoms with Crippen molar-refractivity contribution in [2.75, 3.05) is 31.1 Å². The number of H-pyrrole nitrogens is 1. The molecule has 1 fully saturated rings. The van der Waals surface area contributed by atoms with Crippen molar-refractivity contribution in [3.05, 3.63) is 24.0 Å². The summed E-state index contributed by atoms with van der Waals surface area (Å²) in [5.41, 5.74) is 7.21. The maximum atomic E-state index is 12.1. The number of fused-ring (bicyclic) bond motifs is 1. The Morgan fingerprint density at radius 2 is 2.11 bits per heavy atom. The topological polar surface area (TPSA) is 117 Å². The summed E-state index contributed by atoms with van der Waals surface area (Å²) >= 11 is 0. The first-order valence-corrected chi connectivity index (χ1v) is 9.00. The van der Waals surface area contributed by atoms with Crippen LogP contribution in [0.5, 0.6) is 0 Å². The molecule has 9 heteroatoms. The SMILES string of the molecule is CCC(C)OC(=O)N1CCN(c2cnc3[nH]cc(C=CC(N)=O)c3n2)CC1. The third kappa shape index (κ3) is 4.36. The number of aromatic amines is 1. The number of hydrogen-bond acceptors (Lipinski definition) is 6. The van der Waals surface area contributed by atoms with Crippen LogP contribution in [0.2, 0.25) is 0 Å². The molecule has 0 aliphatic carbocycles. The zero-order valence-electron chi connectivity index (χ0n) is 15.5. The molecule has 144 valence electrons. The second-order valence-electron chi connectivity index (χ2n) is 6.48. The monoisotopic (exact) mass is 372 g/mol. The molecule has 1 aliphatic rings. The van der Waals surface area contributed by atoms with Gasteiger partial charge in [-0.1, -0.05) is 6.92 Å². The van der Waals surface area contributed by atoms with Crippen LogP contribution in [-0.4, -0.2) is 64.1 Å². The molecular formula is C18H24N6O3. The number of nitrogens with zero attached hydrogens (tertiary/aromatic N) is 4. The molecule has 0 radical (unpaired) electrons. The minimum absolute atomic E-state index is 0.0794. The molecule has 3 heterocycles. The Labute approximate surface area is 157 Å². The van der Waals surface area contributed by atoms with Gasteiger partial charge in [-0.25, -0.2) is 14.8 Å². The molecule has 0 aromatic carbocycles. The quantitative estimate of drug-likeness (QED) is 0.768. The number of nitrogens with one attached hydrogen (secondary N) is 1. The highest BCUT2D eigenvalue weighted by Crippen LogP contribution is 2.21. The van der Waals surface area contributed by atoms with Crippen LogP contribution in [0.1, 0.15) is 25.8 Å². The van der Waals surface area contributed by atoms with Gasteiger partial charge in [-0.2, -0.15) is 0 Å². The van der Waals surface area contributed by atoms with Crippen molar-refractivity contribution in [1.82, 2.24) is 19.9 Å². The minimum Gasteiger partial charge on any atom is -0.446 e. The summed E-state index contributed by atoms with van der Waals surface area (Å²) in [7, 11) is 0. The van der Waals surface area contributed by atoms with E-state index in [-0.39, 0.29) is 12.2 Å². The lowest BCUT2D eigenvalue weighted by Gasteiger charge is -2.35. The van der Waals surface area contributed by atoms with Gasteiger partial charge in [0.25, 0.3) is 0 Å². The van der Waals surface area contributed by atoms with Crippen LogP contribution in [0, 0.1) is 0 Å². The van der Waals surface area contributed by atoms with Gasteiger partial charge < -0.3 is 25.3 Å². The summed E-state index contributed by atoms with van der Waals surface area (Å²) < 4.78 is 5.38. The summed E-state index contributed by atoms with van der Waals surface area (Å²) in [6, 6.07) is 0. The summed E-state index contributed by atoms with van der Waals surface area (Å²) in [6.07, 6.45) is 6.79. The summed E-state index contributed by atoms with van der Waals surface area (Å²) in [5, 5.41) is 0. The fourth-order valence-corrected chi connectivity index (χ4v) is 2.80. The number of carbonyl (C=O) groups is 2. The molecule has 0 spiro atoms. The lowest BCUT2D eigenvalue weighted by atomic mass is 10.2. The van der Waals surface area contributed by atoms with E-state index in [1.54, 1.807) is 23.4 Å². The van der Waals surface area contributed by atoms with Crippen LogP contribution in [0.25, 0.3) is 17.2 Å². The van der Waals surface area contributed by atoms with Gasteiger partial charge in [-0.05, 0) is 19.4 Å². The van der Waals surface area contributed by atoms with Crippen LogP contribution < -0.4 is 10.6 Å². The van der Waals surface area contributed by atoms with Crippen molar-refractivity contribution in [2.45, 2.75) is 26.4 Å². The molecule has 0 saturated carbocycles. The van der Waals surface area contributed by atoms with E-state index in [1.165, 1.54) is 6.08 Å². The number of primary amides is 1. The summed E-state index contributed by atoms with van der Waals surface area (Å²) in [4.78, 5) is 39.0. The third-order valence-electron chi connectivity index (χ3n) is 4.56. The maximum Gasteiger partial charge on any atom is 0.410 e. The first-order valence-electron chi connectivity index (χ1n) is 9.00. The molecule has 2 aromatic rings. The Balaban J connectivity index is 1.69. The Hall–Kier alpha value is -3.10. The number of hydrogen-bond donors (Lipinski definition) is 2. The molecule has 3 N–H and O–H groups in total. The molecule has 2 aromatic heterocycles. The van der Waals surface area contributed by atoms with Gasteiger partial charge in [-0.15, -0.1) is 0 Å². The van der Waals surface area contributed by atoms with Crippen LogP contribution in [-0.2, 0) is 9.53 Å². The number of rotatable bonds is 5. The molecule has 1 unspecified atom stereocenters. The number of nitrogens with two attached hydrogens (primary N) is 1. The number of carbonyl (C=O) groups excluding carboxylic acids is 2. The lowest BCUT2D eigenvalue weighted by molar-refractivity contribution is -0.113. The van der Waals surface area contributed by atoms with Crippen molar-refractivity contribution in [3.63, 3.8) is 0 Å². The number of piperazine rings is 1. The lowest BCUT2D eigenvalue weighted by Crippen LogP contribution is -2.49. The average Bonchev–Trinajstić information content (AvgIpc) is 3.08. The molecule has 1 saturated heterocycles. The van der Waals surface area contributed by atoms with Crippen molar-refractivity contribution in [3.8, 4) is 0 Å². The normalized spacial score (nSPS) is 16.1. The predicted octanol–water partition coefficient (Wildman–Crippen LogP) is 1.51. The molecule has 1 aliphatic heterocycles. The molecular weight excluding hydrogens is 348 g/mol. The van der Waals surface area contributed by atoms with Crippen LogP contribution >= 0.6 is 0 Å². The molecule has 1 atom stereocenters. The zero-order chi connectivity index (χ0) is 19.4. The Kier molecular flexibility index (Phi) is 5.58. The smallest absolute Gasteiger partial charge is 0.410 e. The van der Waals surface area contributed by atoms with E-state index in [0.717, 1.165) is 17.8 Å². The van der Waals surface area contributed by atoms with Gasteiger partial charge in [0, 0.05) is 44.0 Å². The van der Waals surface area contributed by atoms with Crippen LogP contribution in [0.4, 0.5) is 10.6 Å². The molecule has 27 heavy (non-hydrogen) atoms. The van der Waals surface area contributed by atoms with Crippen molar-refractivity contribution >= 4 is 35.1 Å². The van der Waals surface area contributed by atoms with Gasteiger partial charge in [0.1, 0.15) is 17.4 Å². The summed E-state index contributed by atoms with van der Waals surface area (Å²) in [5.74, 6) is 0.208. The minimum atomic E-state index is -0.520. The largest absolute Gasteiger partial charge is 0.446 e.